The minimum Gasteiger partial charge on any atom is -0.127 e. The van der Waals surface area contributed by atoms with Gasteiger partial charge in [0.05, 0.1) is 9.75 Å². The molecule has 2 heteroatoms. The molecule has 2 heterocycles. The van der Waals surface area contributed by atoms with Gasteiger partial charge in [-0.25, -0.2) is 0 Å². The van der Waals surface area contributed by atoms with Crippen LogP contribution >= 0.6 is 22.7 Å². The number of hydrogen-bond acceptors (Lipinski definition) is 2. The summed E-state index contributed by atoms with van der Waals surface area (Å²) >= 11 is 3.42. The van der Waals surface area contributed by atoms with Gasteiger partial charge in [0, 0.05) is 9.75 Å². The van der Waals surface area contributed by atoms with Crippen molar-refractivity contribution in [3.05, 3.63) is 43.8 Å². The molecule has 0 N–H and O–H groups in total. The van der Waals surface area contributed by atoms with Gasteiger partial charge in [-0.2, -0.15) is 0 Å². The minimum atomic E-state index is 1.11. The van der Waals surface area contributed by atoms with E-state index in [1.165, 1.54) is 9.75 Å². The van der Waals surface area contributed by atoms with Gasteiger partial charge in [-0.05, 0) is 50.3 Å². The molecule has 0 saturated carbocycles. The van der Waals surface area contributed by atoms with Gasteiger partial charge in [-0.1, -0.05) is 11.8 Å². The first kappa shape index (κ1) is 12.7. The summed E-state index contributed by atoms with van der Waals surface area (Å²) in [5, 5.41) is 0. The lowest BCUT2D eigenvalue weighted by Gasteiger charge is -1.83. The van der Waals surface area contributed by atoms with E-state index in [-0.39, 0.29) is 0 Å². The molecule has 0 aliphatic rings. The molecule has 0 aromatic carbocycles. The van der Waals surface area contributed by atoms with Crippen molar-refractivity contribution in [1.29, 1.82) is 0 Å². The molecule has 2 rings (SSSR count). The second-order valence-corrected chi connectivity index (χ2v) is 5.72. The van der Waals surface area contributed by atoms with E-state index in [1.807, 2.05) is 13.8 Å². The van der Waals surface area contributed by atoms with Crippen molar-refractivity contribution in [2.45, 2.75) is 13.8 Å². The van der Waals surface area contributed by atoms with E-state index >= 15 is 0 Å². The Morgan fingerprint density at radius 3 is 1.61 bits per heavy atom. The van der Waals surface area contributed by atoms with Crippen LogP contribution in [0.1, 0.15) is 33.4 Å². The van der Waals surface area contributed by atoms with Crippen molar-refractivity contribution in [3.8, 4) is 23.7 Å². The van der Waals surface area contributed by atoms with Gasteiger partial charge in [0.2, 0.25) is 0 Å². The first-order valence-electron chi connectivity index (χ1n) is 5.55. The van der Waals surface area contributed by atoms with E-state index in [2.05, 4.69) is 60.1 Å². The molecule has 0 radical (unpaired) electrons. The molecule has 0 aliphatic heterocycles. The average molecular weight is 268 g/mol. The molecule has 0 amide bonds. The molecule has 0 aliphatic carbocycles. The Hall–Kier alpha value is -1.74. The van der Waals surface area contributed by atoms with Crippen LogP contribution in [0.3, 0.4) is 0 Å². The predicted octanol–water partition coefficient (Wildman–Crippen LogP) is 4.72. The molecule has 0 saturated heterocycles. The molecule has 2 aromatic heterocycles. The topological polar surface area (TPSA) is 0 Å². The molecule has 0 fully saturated rings. The van der Waals surface area contributed by atoms with Crippen LogP contribution in [0.25, 0.3) is 12.2 Å². The standard InChI is InChI=1S/C16H12S2/c1-3-5-13-7-9-15(17-13)11-12-16-10-8-14(18-16)6-4-2/h7-12H,1-2H3/b12-11+. The summed E-state index contributed by atoms with van der Waals surface area (Å²) in [6.07, 6.45) is 4.25. The van der Waals surface area contributed by atoms with Crippen molar-refractivity contribution in [1.82, 2.24) is 0 Å². The van der Waals surface area contributed by atoms with Crippen molar-refractivity contribution < 1.29 is 0 Å². The molecule has 2 aromatic rings. The number of thiophene rings is 2. The fourth-order valence-electron chi connectivity index (χ4n) is 1.43. The Balaban J connectivity index is 2.12. The van der Waals surface area contributed by atoms with E-state index in [9.17, 15) is 0 Å². The van der Waals surface area contributed by atoms with E-state index in [4.69, 9.17) is 0 Å². The Bertz CT molecular complexity index is 615. The molecule has 0 atom stereocenters. The highest BCUT2D eigenvalue weighted by molar-refractivity contribution is 7.14. The third-order valence-corrected chi connectivity index (χ3v) is 4.09. The van der Waals surface area contributed by atoms with E-state index in [0.717, 1.165) is 9.75 Å². The van der Waals surface area contributed by atoms with Crippen molar-refractivity contribution in [2.75, 3.05) is 0 Å². The Morgan fingerprint density at radius 1 is 0.778 bits per heavy atom. The summed E-state index contributed by atoms with van der Waals surface area (Å²) in [4.78, 5) is 4.68. The molecule has 0 bridgehead atoms. The average Bonchev–Trinajstić information content (AvgIpc) is 2.97. The summed E-state index contributed by atoms with van der Waals surface area (Å²) in [7, 11) is 0. The van der Waals surface area contributed by atoms with Crippen LogP contribution in [-0.4, -0.2) is 0 Å². The minimum absolute atomic E-state index is 1.11. The molecular weight excluding hydrogens is 256 g/mol. The van der Waals surface area contributed by atoms with Gasteiger partial charge >= 0.3 is 0 Å². The lowest BCUT2D eigenvalue weighted by atomic mass is 10.3. The third-order valence-electron chi connectivity index (χ3n) is 2.16. The Morgan fingerprint density at radius 2 is 1.22 bits per heavy atom. The van der Waals surface area contributed by atoms with Crippen LogP contribution in [0.2, 0.25) is 0 Å². The Labute approximate surface area is 116 Å². The number of hydrogen-bond donors (Lipinski definition) is 0. The molecule has 0 spiro atoms. The maximum absolute atomic E-state index is 3.07. The molecule has 0 nitrogen and oxygen atoms in total. The highest BCUT2D eigenvalue weighted by Gasteiger charge is 1.96. The third kappa shape index (κ3) is 3.37. The van der Waals surface area contributed by atoms with Crippen LogP contribution in [0.15, 0.2) is 24.3 Å². The lowest BCUT2D eigenvalue weighted by molar-refractivity contribution is 1.86. The van der Waals surface area contributed by atoms with E-state index in [1.54, 1.807) is 22.7 Å². The van der Waals surface area contributed by atoms with Crippen LogP contribution in [0, 0.1) is 23.7 Å². The monoisotopic (exact) mass is 268 g/mol. The first-order chi connectivity index (χ1) is 8.81. The lowest BCUT2D eigenvalue weighted by Crippen LogP contribution is -1.58. The van der Waals surface area contributed by atoms with Crippen molar-refractivity contribution >= 4 is 34.8 Å². The fourth-order valence-corrected chi connectivity index (χ4v) is 3.06. The van der Waals surface area contributed by atoms with Crippen LogP contribution in [0.4, 0.5) is 0 Å². The first-order valence-corrected chi connectivity index (χ1v) is 7.18. The van der Waals surface area contributed by atoms with Gasteiger partial charge in [0.25, 0.3) is 0 Å². The summed E-state index contributed by atoms with van der Waals surface area (Å²) in [6, 6.07) is 8.31. The van der Waals surface area contributed by atoms with Gasteiger partial charge in [0.1, 0.15) is 0 Å². The zero-order chi connectivity index (χ0) is 12.8. The zero-order valence-corrected chi connectivity index (χ0v) is 11.9. The number of rotatable bonds is 2. The largest absolute Gasteiger partial charge is 0.127 e. The zero-order valence-electron chi connectivity index (χ0n) is 10.3. The van der Waals surface area contributed by atoms with Crippen molar-refractivity contribution in [3.63, 3.8) is 0 Å². The predicted molar refractivity (Wildman–Crippen MR) is 82.7 cm³/mol. The van der Waals surface area contributed by atoms with Gasteiger partial charge in [-0.15, -0.1) is 34.5 Å². The second kappa shape index (κ2) is 6.26. The quantitative estimate of drug-likeness (QED) is 0.691. The summed E-state index contributed by atoms with van der Waals surface area (Å²) in [5.74, 6) is 12.0. The van der Waals surface area contributed by atoms with Crippen LogP contribution < -0.4 is 0 Å². The maximum Gasteiger partial charge on any atom is 0.0774 e. The van der Waals surface area contributed by atoms with E-state index < -0.39 is 0 Å². The molecule has 18 heavy (non-hydrogen) atoms. The van der Waals surface area contributed by atoms with Gasteiger partial charge in [0.15, 0.2) is 0 Å². The molecule has 0 unspecified atom stereocenters. The smallest absolute Gasteiger partial charge is 0.0774 e. The van der Waals surface area contributed by atoms with Crippen molar-refractivity contribution in [2.24, 2.45) is 0 Å². The van der Waals surface area contributed by atoms with Gasteiger partial charge < -0.3 is 0 Å². The van der Waals surface area contributed by atoms with E-state index in [0.29, 0.717) is 0 Å². The summed E-state index contributed by atoms with van der Waals surface area (Å²) in [6.45, 7) is 3.72. The Kier molecular flexibility index (Phi) is 4.42. The summed E-state index contributed by atoms with van der Waals surface area (Å²) < 4.78 is 0. The van der Waals surface area contributed by atoms with Crippen LogP contribution in [0.5, 0.6) is 0 Å². The fraction of sp³-hybridized carbons (Fsp3) is 0.125. The SMILES string of the molecule is CC#Cc1ccc(/C=C/c2ccc(C#CC)s2)s1. The normalized spacial score (nSPS) is 9.67. The molecule has 88 valence electrons. The van der Waals surface area contributed by atoms with Crippen LogP contribution in [-0.2, 0) is 0 Å². The highest BCUT2D eigenvalue weighted by Crippen LogP contribution is 2.21. The van der Waals surface area contributed by atoms with Gasteiger partial charge in [-0.3, -0.25) is 0 Å². The summed E-state index contributed by atoms with van der Waals surface area (Å²) in [5.41, 5.74) is 0. The second-order valence-electron chi connectivity index (χ2n) is 3.49. The molecular formula is C16H12S2. The maximum atomic E-state index is 3.07. The highest BCUT2D eigenvalue weighted by atomic mass is 32.1.